The van der Waals surface area contributed by atoms with Crippen LogP contribution in [-0.4, -0.2) is 17.6 Å². The first kappa shape index (κ1) is 11.9. The van der Waals surface area contributed by atoms with Gasteiger partial charge in [-0.3, -0.25) is 4.98 Å². The highest BCUT2D eigenvalue weighted by Gasteiger charge is 2.18. The molecule has 0 spiro atoms. The van der Waals surface area contributed by atoms with E-state index in [1.165, 1.54) is 25.7 Å². The van der Waals surface area contributed by atoms with Crippen molar-refractivity contribution in [1.29, 1.82) is 0 Å². The van der Waals surface area contributed by atoms with E-state index >= 15 is 0 Å². The van der Waals surface area contributed by atoms with Gasteiger partial charge in [0.15, 0.2) is 0 Å². The van der Waals surface area contributed by atoms with Gasteiger partial charge in [-0.05, 0) is 31.7 Å². The van der Waals surface area contributed by atoms with Gasteiger partial charge >= 0.3 is 5.97 Å². The Bertz CT molecular complexity index is 412. The summed E-state index contributed by atoms with van der Waals surface area (Å²) in [6.07, 6.45) is 6.38. The quantitative estimate of drug-likeness (QED) is 0.815. The number of hydrogen-bond donors (Lipinski definition) is 1. The van der Waals surface area contributed by atoms with Crippen molar-refractivity contribution in [3.63, 3.8) is 0 Å². The molecular formula is C13H18N2O2. The predicted octanol–water partition coefficient (Wildman–Crippen LogP) is 2.32. The summed E-state index contributed by atoms with van der Waals surface area (Å²) in [5.41, 5.74) is 7.24. The number of carbonyl (C=O) groups is 1. The molecule has 0 bridgehead atoms. The molecule has 1 fully saturated rings. The number of pyridine rings is 1. The molecule has 1 aromatic rings. The van der Waals surface area contributed by atoms with Crippen LogP contribution in [0, 0.1) is 12.8 Å². The van der Waals surface area contributed by atoms with E-state index in [0.29, 0.717) is 29.5 Å². The molecule has 0 aliphatic heterocycles. The van der Waals surface area contributed by atoms with Crippen LogP contribution in [0.4, 0.5) is 5.69 Å². The number of rotatable bonds is 3. The summed E-state index contributed by atoms with van der Waals surface area (Å²) in [4.78, 5) is 15.9. The van der Waals surface area contributed by atoms with Crippen LogP contribution >= 0.6 is 0 Å². The third-order valence-electron chi connectivity index (χ3n) is 3.25. The first-order valence-electron chi connectivity index (χ1n) is 6.06. The Labute approximate surface area is 101 Å². The molecule has 17 heavy (non-hydrogen) atoms. The van der Waals surface area contributed by atoms with Crippen molar-refractivity contribution in [3.05, 3.63) is 23.5 Å². The van der Waals surface area contributed by atoms with Crippen LogP contribution in [0.1, 0.15) is 41.7 Å². The van der Waals surface area contributed by atoms with E-state index in [9.17, 15) is 4.79 Å². The minimum atomic E-state index is -0.311. The molecule has 1 saturated carbocycles. The molecular weight excluding hydrogens is 216 g/mol. The zero-order valence-electron chi connectivity index (χ0n) is 10.1. The number of aryl methyl sites for hydroxylation is 1. The second kappa shape index (κ2) is 5.17. The summed E-state index contributed by atoms with van der Waals surface area (Å²) in [5.74, 6) is 0.225. The van der Waals surface area contributed by atoms with Crippen molar-refractivity contribution in [2.45, 2.75) is 32.6 Å². The molecule has 0 unspecified atom stereocenters. The summed E-state index contributed by atoms with van der Waals surface area (Å²) < 4.78 is 5.31. The fourth-order valence-corrected chi connectivity index (χ4v) is 2.20. The molecule has 0 amide bonds. The van der Waals surface area contributed by atoms with Gasteiger partial charge in [0.2, 0.25) is 0 Å². The van der Waals surface area contributed by atoms with E-state index in [2.05, 4.69) is 4.98 Å². The molecule has 0 radical (unpaired) electrons. The number of aromatic nitrogens is 1. The first-order valence-corrected chi connectivity index (χ1v) is 6.06. The molecule has 4 heteroatoms. The Morgan fingerprint density at radius 1 is 1.53 bits per heavy atom. The van der Waals surface area contributed by atoms with Gasteiger partial charge in [-0.15, -0.1) is 0 Å². The Kier molecular flexibility index (Phi) is 3.61. The smallest absolute Gasteiger partial charge is 0.340 e. The van der Waals surface area contributed by atoms with Crippen LogP contribution in [0.3, 0.4) is 0 Å². The molecule has 4 nitrogen and oxygen atoms in total. The lowest BCUT2D eigenvalue weighted by molar-refractivity contribution is 0.0441. The van der Waals surface area contributed by atoms with E-state index in [1.54, 1.807) is 19.2 Å². The van der Waals surface area contributed by atoms with Gasteiger partial charge in [-0.25, -0.2) is 4.79 Å². The lowest BCUT2D eigenvalue weighted by Gasteiger charge is -2.11. The van der Waals surface area contributed by atoms with Crippen LogP contribution in [0.2, 0.25) is 0 Å². The summed E-state index contributed by atoms with van der Waals surface area (Å²) in [6.45, 7) is 2.30. The fraction of sp³-hybridized carbons (Fsp3) is 0.538. The van der Waals surface area contributed by atoms with Crippen molar-refractivity contribution >= 4 is 11.7 Å². The topological polar surface area (TPSA) is 65.2 Å². The number of nitrogens with two attached hydrogens (primary N) is 1. The molecule has 0 atom stereocenters. The van der Waals surface area contributed by atoms with Crippen molar-refractivity contribution in [1.82, 2.24) is 4.98 Å². The van der Waals surface area contributed by atoms with Crippen LogP contribution in [0.5, 0.6) is 0 Å². The van der Waals surface area contributed by atoms with E-state index in [4.69, 9.17) is 10.5 Å². The van der Waals surface area contributed by atoms with Gasteiger partial charge < -0.3 is 10.5 Å². The molecule has 2 N–H and O–H groups in total. The van der Waals surface area contributed by atoms with E-state index < -0.39 is 0 Å². The normalized spacial score (nSPS) is 16.1. The number of nitrogen functional groups attached to an aromatic ring is 1. The maximum Gasteiger partial charge on any atom is 0.340 e. The lowest BCUT2D eigenvalue weighted by Crippen LogP contribution is -2.14. The maximum absolute atomic E-state index is 11.9. The molecule has 2 rings (SSSR count). The van der Waals surface area contributed by atoms with E-state index in [0.717, 1.165) is 0 Å². The average Bonchev–Trinajstić information content (AvgIpc) is 2.82. The first-order chi connectivity index (χ1) is 8.16. The standard InChI is InChI=1S/C13H18N2O2/c1-9-12(6-11(14)7-15-9)13(16)17-8-10-4-2-3-5-10/h6-7,10H,2-5,8,14H2,1H3. The number of esters is 1. The van der Waals surface area contributed by atoms with Gasteiger partial charge in [0.05, 0.1) is 29.7 Å². The molecule has 1 aliphatic carbocycles. The molecule has 0 saturated heterocycles. The number of anilines is 1. The van der Waals surface area contributed by atoms with Crippen LogP contribution < -0.4 is 5.73 Å². The fourth-order valence-electron chi connectivity index (χ4n) is 2.20. The zero-order valence-corrected chi connectivity index (χ0v) is 10.1. The third kappa shape index (κ3) is 2.96. The SMILES string of the molecule is Cc1ncc(N)cc1C(=O)OCC1CCCC1. The summed E-state index contributed by atoms with van der Waals surface area (Å²) >= 11 is 0. The highest BCUT2D eigenvalue weighted by atomic mass is 16.5. The highest BCUT2D eigenvalue weighted by Crippen LogP contribution is 2.25. The Morgan fingerprint density at radius 2 is 2.24 bits per heavy atom. The van der Waals surface area contributed by atoms with Crippen molar-refractivity contribution in [2.24, 2.45) is 5.92 Å². The number of hydrogen-bond acceptors (Lipinski definition) is 4. The van der Waals surface area contributed by atoms with Gasteiger partial charge in [0.25, 0.3) is 0 Å². The largest absolute Gasteiger partial charge is 0.462 e. The Balaban J connectivity index is 1.96. The van der Waals surface area contributed by atoms with E-state index in [-0.39, 0.29) is 5.97 Å². The zero-order chi connectivity index (χ0) is 12.3. The second-order valence-corrected chi connectivity index (χ2v) is 4.65. The second-order valence-electron chi connectivity index (χ2n) is 4.65. The molecule has 1 aromatic heterocycles. The number of nitrogens with zero attached hydrogens (tertiary/aromatic N) is 1. The minimum Gasteiger partial charge on any atom is -0.462 e. The lowest BCUT2D eigenvalue weighted by atomic mass is 10.1. The van der Waals surface area contributed by atoms with E-state index in [1.807, 2.05) is 0 Å². The Hall–Kier alpha value is -1.58. The number of carbonyl (C=O) groups excluding carboxylic acids is 1. The highest BCUT2D eigenvalue weighted by molar-refractivity contribution is 5.91. The van der Waals surface area contributed by atoms with Crippen LogP contribution in [-0.2, 0) is 4.74 Å². The molecule has 1 aliphatic rings. The van der Waals surface area contributed by atoms with Gasteiger partial charge in [-0.1, -0.05) is 12.8 Å². The van der Waals surface area contributed by atoms with Gasteiger partial charge in [0.1, 0.15) is 0 Å². The molecule has 92 valence electrons. The Morgan fingerprint density at radius 3 is 2.94 bits per heavy atom. The summed E-state index contributed by atoms with van der Waals surface area (Å²) in [5, 5.41) is 0. The van der Waals surface area contributed by atoms with Gasteiger partial charge in [0, 0.05) is 0 Å². The monoisotopic (exact) mass is 234 g/mol. The van der Waals surface area contributed by atoms with Crippen molar-refractivity contribution < 1.29 is 9.53 Å². The molecule has 0 aromatic carbocycles. The summed E-state index contributed by atoms with van der Waals surface area (Å²) in [7, 11) is 0. The number of ether oxygens (including phenoxy) is 1. The summed E-state index contributed by atoms with van der Waals surface area (Å²) in [6, 6.07) is 1.62. The predicted molar refractivity (Wildman–Crippen MR) is 65.6 cm³/mol. The minimum absolute atomic E-state index is 0.311. The molecule has 1 heterocycles. The van der Waals surface area contributed by atoms with Crippen LogP contribution in [0.25, 0.3) is 0 Å². The maximum atomic E-state index is 11.9. The third-order valence-corrected chi connectivity index (χ3v) is 3.25. The van der Waals surface area contributed by atoms with Crippen LogP contribution in [0.15, 0.2) is 12.3 Å². The van der Waals surface area contributed by atoms with Crippen molar-refractivity contribution in [2.75, 3.05) is 12.3 Å². The van der Waals surface area contributed by atoms with Gasteiger partial charge in [-0.2, -0.15) is 0 Å². The van der Waals surface area contributed by atoms with Crippen molar-refractivity contribution in [3.8, 4) is 0 Å². The average molecular weight is 234 g/mol.